The van der Waals surface area contributed by atoms with Crippen LogP contribution < -0.4 is 14.4 Å². The predicted molar refractivity (Wildman–Crippen MR) is 92.9 cm³/mol. The van der Waals surface area contributed by atoms with E-state index in [0.29, 0.717) is 11.6 Å². The van der Waals surface area contributed by atoms with E-state index in [1.165, 1.54) is 6.07 Å². The average molecular weight is 350 g/mol. The molecule has 0 radical (unpaired) electrons. The number of aryl methyl sites for hydroxylation is 2. The highest BCUT2D eigenvalue weighted by atomic mass is 32.2. The van der Waals surface area contributed by atoms with Gasteiger partial charge in [0, 0.05) is 25.9 Å². The number of nitrogens with one attached hydrogen (secondary N) is 1. The second-order valence-electron chi connectivity index (χ2n) is 5.63. The van der Waals surface area contributed by atoms with Gasteiger partial charge in [-0.3, -0.25) is 0 Å². The summed E-state index contributed by atoms with van der Waals surface area (Å²) in [5.74, 6) is 1.80. The Morgan fingerprint density at radius 2 is 1.88 bits per heavy atom. The highest BCUT2D eigenvalue weighted by Crippen LogP contribution is 2.21. The molecule has 7 nitrogen and oxygen atoms in total. The van der Waals surface area contributed by atoms with E-state index < -0.39 is 10.0 Å². The monoisotopic (exact) mass is 350 g/mol. The second-order valence-corrected chi connectivity index (χ2v) is 7.40. The van der Waals surface area contributed by atoms with Gasteiger partial charge in [-0.25, -0.2) is 23.1 Å². The molecular formula is C16H22N4O3S. The lowest BCUT2D eigenvalue weighted by molar-refractivity contribution is 0.411. The van der Waals surface area contributed by atoms with Crippen LogP contribution in [0.15, 0.2) is 29.2 Å². The van der Waals surface area contributed by atoms with Crippen molar-refractivity contribution in [2.24, 2.45) is 0 Å². The van der Waals surface area contributed by atoms with Crippen LogP contribution in [0.3, 0.4) is 0 Å². The molecule has 1 heterocycles. The van der Waals surface area contributed by atoms with Crippen molar-refractivity contribution in [3.63, 3.8) is 0 Å². The molecule has 24 heavy (non-hydrogen) atoms. The zero-order valence-corrected chi connectivity index (χ0v) is 15.3. The molecule has 130 valence electrons. The van der Waals surface area contributed by atoms with Crippen LogP contribution in [0.5, 0.6) is 5.75 Å². The summed E-state index contributed by atoms with van der Waals surface area (Å²) < 4.78 is 32.6. The Kier molecular flexibility index (Phi) is 5.40. The van der Waals surface area contributed by atoms with Crippen LogP contribution in [0.4, 0.5) is 5.82 Å². The first-order chi connectivity index (χ1) is 11.2. The van der Waals surface area contributed by atoms with E-state index >= 15 is 0 Å². The lowest BCUT2D eigenvalue weighted by atomic mass is 10.2. The molecule has 1 N–H and O–H groups in total. The third kappa shape index (κ3) is 4.21. The molecule has 0 amide bonds. The molecule has 0 bridgehead atoms. The summed E-state index contributed by atoms with van der Waals surface area (Å²) in [5.41, 5.74) is 1.53. The van der Waals surface area contributed by atoms with Gasteiger partial charge in [-0.15, -0.1) is 0 Å². The second kappa shape index (κ2) is 7.14. The first-order valence-electron chi connectivity index (χ1n) is 7.39. The van der Waals surface area contributed by atoms with E-state index in [4.69, 9.17) is 4.74 Å². The molecule has 2 rings (SSSR count). The standard InChI is InChI=1S/C16H22N4O3S/c1-11-8-13(6-7-14(11)23-5)24(21,22)17-10-15-18-12(2)9-16(19-15)20(3)4/h6-9,17H,10H2,1-5H3. The van der Waals surface area contributed by atoms with Crippen LogP contribution in [0.1, 0.15) is 17.1 Å². The highest BCUT2D eigenvalue weighted by Gasteiger charge is 2.16. The minimum atomic E-state index is -3.65. The Morgan fingerprint density at radius 3 is 2.46 bits per heavy atom. The zero-order chi connectivity index (χ0) is 17.9. The predicted octanol–water partition coefficient (Wildman–Crippen LogP) is 1.65. The summed E-state index contributed by atoms with van der Waals surface area (Å²) in [6.45, 7) is 3.67. The maximum absolute atomic E-state index is 12.4. The van der Waals surface area contributed by atoms with Gasteiger partial charge in [0.15, 0.2) is 0 Å². The number of aromatic nitrogens is 2. The quantitative estimate of drug-likeness (QED) is 0.853. The molecule has 0 aliphatic heterocycles. The lowest BCUT2D eigenvalue weighted by Crippen LogP contribution is -2.25. The summed E-state index contributed by atoms with van der Waals surface area (Å²) in [6.07, 6.45) is 0. The van der Waals surface area contributed by atoms with Gasteiger partial charge in [-0.1, -0.05) is 0 Å². The summed E-state index contributed by atoms with van der Waals surface area (Å²) in [5, 5.41) is 0. The van der Waals surface area contributed by atoms with Crippen molar-refractivity contribution in [2.45, 2.75) is 25.3 Å². The van der Waals surface area contributed by atoms with Crippen molar-refractivity contribution in [1.29, 1.82) is 0 Å². The average Bonchev–Trinajstić information content (AvgIpc) is 2.52. The van der Waals surface area contributed by atoms with Gasteiger partial charge in [0.05, 0.1) is 18.6 Å². The van der Waals surface area contributed by atoms with Crippen LogP contribution >= 0.6 is 0 Å². The number of hydrogen-bond acceptors (Lipinski definition) is 6. The number of hydrogen-bond donors (Lipinski definition) is 1. The van der Waals surface area contributed by atoms with Crippen molar-refractivity contribution < 1.29 is 13.2 Å². The van der Waals surface area contributed by atoms with Crippen molar-refractivity contribution in [1.82, 2.24) is 14.7 Å². The number of methoxy groups -OCH3 is 1. The summed E-state index contributed by atoms with van der Waals surface area (Å²) in [6, 6.07) is 6.56. The highest BCUT2D eigenvalue weighted by molar-refractivity contribution is 7.89. The molecule has 0 fully saturated rings. The largest absolute Gasteiger partial charge is 0.496 e. The first-order valence-corrected chi connectivity index (χ1v) is 8.87. The van der Waals surface area contributed by atoms with Gasteiger partial charge in [0.2, 0.25) is 10.0 Å². The SMILES string of the molecule is COc1ccc(S(=O)(=O)NCc2nc(C)cc(N(C)C)n2)cc1C. The summed E-state index contributed by atoms with van der Waals surface area (Å²) >= 11 is 0. The maximum Gasteiger partial charge on any atom is 0.240 e. The Morgan fingerprint density at radius 1 is 1.17 bits per heavy atom. The fraction of sp³-hybridized carbons (Fsp3) is 0.375. The third-order valence-corrected chi connectivity index (χ3v) is 4.84. The fourth-order valence-electron chi connectivity index (χ4n) is 2.18. The summed E-state index contributed by atoms with van der Waals surface area (Å²) in [7, 11) is 1.64. The zero-order valence-electron chi connectivity index (χ0n) is 14.5. The van der Waals surface area contributed by atoms with Gasteiger partial charge in [0.1, 0.15) is 17.4 Å². The van der Waals surface area contributed by atoms with Gasteiger partial charge in [0.25, 0.3) is 0 Å². The Hall–Kier alpha value is -2.19. The Balaban J connectivity index is 2.20. The van der Waals surface area contributed by atoms with E-state index in [1.54, 1.807) is 26.2 Å². The molecule has 0 unspecified atom stereocenters. The molecule has 0 saturated heterocycles. The van der Waals surface area contributed by atoms with E-state index in [2.05, 4.69) is 14.7 Å². The minimum absolute atomic E-state index is 0.0237. The number of sulfonamides is 1. The molecule has 0 saturated carbocycles. The topological polar surface area (TPSA) is 84.4 Å². The van der Waals surface area contributed by atoms with Gasteiger partial charge in [-0.2, -0.15) is 0 Å². The summed E-state index contributed by atoms with van der Waals surface area (Å²) in [4.78, 5) is 10.6. The van der Waals surface area contributed by atoms with E-state index in [-0.39, 0.29) is 11.4 Å². The van der Waals surface area contributed by atoms with Crippen molar-refractivity contribution in [3.05, 3.63) is 41.3 Å². The van der Waals surface area contributed by atoms with Crippen molar-refractivity contribution >= 4 is 15.8 Å². The fourth-order valence-corrected chi connectivity index (χ4v) is 3.25. The third-order valence-electron chi connectivity index (χ3n) is 3.44. The minimum Gasteiger partial charge on any atom is -0.496 e. The van der Waals surface area contributed by atoms with Crippen LogP contribution in [-0.4, -0.2) is 39.6 Å². The number of anilines is 1. The Labute approximate surface area is 142 Å². The van der Waals surface area contributed by atoms with Crippen LogP contribution in [0.25, 0.3) is 0 Å². The molecular weight excluding hydrogens is 328 g/mol. The molecule has 0 atom stereocenters. The molecule has 1 aromatic heterocycles. The molecule has 0 spiro atoms. The van der Waals surface area contributed by atoms with Crippen molar-refractivity contribution in [3.8, 4) is 5.75 Å². The van der Waals surface area contributed by atoms with Crippen molar-refractivity contribution in [2.75, 3.05) is 26.1 Å². The molecule has 2 aromatic rings. The van der Waals surface area contributed by atoms with E-state index in [9.17, 15) is 8.42 Å². The number of benzene rings is 1. The van der Waals surface area contributed by atoms with Crippen LogP contribution in [-0.2, 0) is 16.6 Å². The lowest BCUT2D eigenvalue weighted by Gasteiger charge is -2.13. The van der Waals surface area contributed by atoms with Gasteiger partial charge >= 0.3 is 0 Å². The molecule has 0 aliphatic carbocycles. The number of rotatable bonds is 6. The normalized spacial score (nSPS) is 11.4. The molecule has 8 heteroatoms. The van der Waals surface area contributed by atoms with Crippen LogP contribution in [0.2, 0.25) is 0 Å². The number of ether oxygens (including phenoxy) is 1. The molecule has 1 aromatic carbocycles. The maximum atomic E-state index is 12.4. The number of nitrogens with zero attached hydrogens (tertiary/aromatic N) is 3. The first kappa shape index (κ1) is 18.2. The van der Waals surface area contributed by atoms with Gasteiger partial charge < -0.3 is 9.64 Å². The Bertz CT molecular complexity index is 835. The molecule has 0 aliphatic rings. The van der Waals surface area contributed by atoms with E-state index in [1.807, 2.05) is 32.0 Å². The smallest absolute Gasteiger partial charge is 0.240 e. The van der Waals surface area contributed by atoms with Gasteiger partial charge in [-0.05, 0) is 37.6 Å². The van der Waals surface area contributed by atoms with E-state index in [0.717, 1.165) is 17.1 Å². The van der Waals surface area contributed by atoms with Crippen LogP contribution in [0, 0.1) is 13.8 Å².